The lowest BCUT2D eigenvalue weighted by atomic mass is 10.2. The molecule has 0 fully saturated rings. The molecular weight excluding hydrogens is 330 g/mol. The Morgan fingerprint density at radius 3 is 2.57 bits per heavy atom. The molecule has 0 aliphatic heterocycles. The van der Waals surface area contributed by atoms with Crippen molar-refractivity contribution in [3.63, 3.8) is 0 Å². The van der Waals surface area contributed by atoms with E-state index in [1.807, 2.05) is 0 Å². The molecule has 1 rings (SSSR count). The van der Waals surface area contributed by atoms with Crippen LogP contribution in [0.4, 0.5) is 0 Å². The van der Waals surface area contributed by atoms with Gasteiger partial charge in [0.2, 0.25) is 0 Å². The summed E-state index contributed by atoms with van der Waals surface area (Å²) in [5.41, 5.74) is 1.20. The highest BCUT2D eigenvalue weighted by atomic mass is 79.9. The van der Waals surface area contributed by atoms with Gasteiger partial charge in [-0.05, 0) is 53.0 Å². The average Bonchev–Trinajstić information content (AvgIpc) is 2.48. The molecule has 0 aliphatic rings. The quantitative estimate of drug-likeness (QED) is 0.570. The molecule has 1 aromatic carbocycles. The first-order valence-corrected chi connectivity index (χ1v) is 8.72. The van der Waals surface area contributed by atoms with Crippen molar-refractivity contribution in [3.05, 3.63) is 22.2 Å². The van der Waals surface area contributed by atoms with Crippen molar-refractivity contribution < 1.29 is 9.47 Å². The number of halogens is 1. The SMILES string of the molecule is CCCCCCOc1c(Br)cc(CNCCC)cc1OC. The minimum atomic E-state index is 0.738. The number of hydrogen-bond acceptors (Lipinski definition) is 3. The van der Waals surface area contributed by atoms with E-state index < -0.39 is 0 Å². The van der Waals surface area contributed by atoms with Gasteiger partial charge in [-0.15, -0.1) is 0 Å². The highest BCUT2D eigenvalue weighted by Gasteiger charge is 2.11. The van der Waals surface area contributed by atoms with E-state index >= 15 is 0 Å². The van der Waals surface area contributed by atoms with E-state index in [1.165, 1.54) is 24.8 Å². The zero-order chi connectivity index (χ0) is 15.5. The maximum Gasteiger partial charge on any atom is 0.175 e. The summed E-state index contributed by atoms with van der Waals surface area (Å²) in [5.74, 6) is 1.61. The fourth-order valence-corrected chi connectivity index (χ4v) is 2.73. The van der Waals surface area contributed by atoms with Gasteiger partial charge in [0.25, 0.3) is 0 Å². The lowest BCUT2D eigenvalue weighted by molar-refractivity contribution is 0.283. The van der Waals surface area contributed by atoms with E-state index in [2.05, 4.69) is 47.2 Å². The summed E-state index contributed by atoms with van der Waals surface area (Å²) in [5, 5.41) is 3.40. The molecule has 0 heterocycles. The van der Waals surface area contributed by atoms with Gasteiger partial charge < -0.3 is 14.8 Å². The Morgan fingerprint density at radius 1 is 1.10 bits per heavy atom. The topological polar surface area (TPSA) is 30.5 Å². The highest BCUT2D eigenvalue weighted by Crippen LogP contribution is 2.36. The second-order valence-corrected chi connectivity index (χ2v) is 6.05. The van der Waals surface area contributed by atoms with E-state index in [1.54, 1.807) is 7.11 Å². The van der Waals surface area contributed by atoms with Gasteiger partial charge in [-0.3, -0.25) is 0 Å². The standard InChI is InChI=1S/C17H28BrNO2/c1-4-6-7-8-10-21-17-15(18)11-14(12-16(17)20-3)13-19-9-5-2/h11-12,19H,4-10,13H2,1-3H3. The van der Waals surface area contributed by atoms with Crippen molar-refractivity contribution in [1.29, 1.82) is 0 Å². The van der Waals surface area contributed by atoms with Crippen LogP contribution < -0.4 is 14.8 Å². The molecule has 1 N–H and O–H groups in total. The highest BCUT2D eigenvalue weighted by molar-refractivity contribution is 9.10. The number of nitrogens with one attached hydrogen (secondary N) is 1. The second kappa shape index (κ2) is 10.9. The summed E-state index contributed by atoms with van der Waals surface area (Å²) in [6.45, 7) is 6.99. The average molecular weight is 358 g/mol. The molecule has 4 heteroatoms. The zero-order valence-corrected chi connectivity index (χ0v) is 15.1. The summed E-state index contributed by atoms with van der Waals surface area (Å²) in [6.07, 6.45) is 5.95. The fourth-order valence-electron chi connectivity index (χ4n) is 2.13. The van der Waals surface area contributed by atoms with Crippen LogP contribution >= 0.6 is 15.9 Å². The van der Waals surface area contributed by atoms with E-state index in [0.717, 1.165) is 48.5 Å². The van der Waals surface area contributed by atoms with Gasteiger partial charge in [-0.2, -0.15) is 0 Å². The monoisotopic (exact) mass is 357 g/mol. The molecule has 0 unspecified atom stereocenters. The van der Waals surface area contributed by atoms with Gasteiger partial charge in [0.05, 0.1) is 18.2 Å². The summed E-state index contributed by atoms with van der Waals surface area (Å²) in [6, 6.07) is 4.15. The number of ether oxygens (including phenoxy) is 2. The van der Waals surface area contributed by atoms with Crippen molar-refractivity contribution in [3.8, 4) is 11.5 Å². The van der Waals surface area contributed by atoms with Gasteiger partial charge >= 0.3 is 0 Å². The summed E-state index contributed by atoms with van der Waals surface area (Å²) in [7, 11) is 1.69. The second-order valence-electron chi connectivity index (χ2n) is 5.19. The van der Waals surface area contributed by atoms with Crippen LogP contribution in [-0.4, -0.2) is 20.3 Å². The van der Waals surface area contributed by atoms with Crippen molar-refractivity contribution in [2.45, 2.75) is 52.5 Å². The molecule has 0 atom stereocenters. The van der Waals surface area contributed by atoms with E-state index in [-0.39, 0.29) is 0 Å². The lowest BCUT2D eigenvalue weighted by Gasteiger charge is -2.14. The van der Waals surface area contributed by atoms with Crippen molar-refractivity contribution >= 4 is 15.9 Å². The molecule has 1 aromatic rings. The smallest absolute Gasteiger partial charge is 0.175 e. The van der Waals surface area contributed by atoms with Crippen LogP contribution in [0.1, 0.15) is 51.5 Å². The van der Waals surface area contributed by atoms with Crippen LogP contribution in [0.25, 0.3) is 0 Å². The summed E-state index contributed by atoms with van der Waals surface area (Å²) in [4.78, 5) is 0. The van der Waals surface area contributed by atoms with Gasteiger partial charge in [0.1, 0.15) is 0 Å². The number of rotatable bonds is 11. The van der Waals surface area contributed by atoms with Crippen molar-refractivity contribution in [2.75, 3.05) is 20.3 Å². The molecule has 0 saturated heterocycles. The Balaban J connectivity index is 2.61. The fraction of sp³-hybridized carbons (Fsp3) is 0.647. The maximum atomic E-state index is 5.89. The predicted octanol–water partition coefficient (Wildman–Crippen LogP) is 4.92. The van der Waals surface area contributed by atoms with Crippen molar-refractivity contribution in [1.82, 2.24) is 5.32 Å². The zero-order valence-electron chi connectivity index (χ0n) is 13.5. The lowest BCUT2D eigenvalue weighted by Crippen LogP contribution is -2.14. The Bertz CT molecular complexity index is 410. The molecule has 0 amide bonds. The maximum absolute atomic E-state index is 5.89. The largest absolute Gasteiger partial charge is 0.493 e. The molecular formula is C17H28BrNO2. The van der Waals surface area contributed by atoms with Crippen molar-refractivity contribution in [2.24, 2.45) is 0 Å². The molecule has 0 aliphatic carbocycles. The van der Waals surface area contributed by atoms with E-state index in [4.69, 9.17) is 9.47 Å². The first-order chi connectivity index (χ1) is 10.2. The third-order valence-electron chi connectivity index (χ3n) is 3.29. The number of methoxy groups -OCH3 is 1. The molecule has 3 nitrogen and oxygen atoms in total. The first kappa shape index (κ1) is 18.3. The minimum absolute atomic E-state index is 0.738. The van der Waals surface area contributed by atoms with Gasteiger partial charge in [0, 0.05) is 6.54 Å². The minimum Gasteiger partial charge on any atom is -0.493 e. The normalized spacial score (nSPS) is 10.7. The van der Waals surface area contributed by atoms with Crippen LogP contribution in [0.3, 0.4) is 0 Å². The molecule has 0 spiro atoms. The first-order valence-electron chi connectivity index (χ1n) is 7.92. The van der Waals surface area contributed by atoms with Crippen LogP contribution in [-0.2, 0) is 6.54 Å². The number of unbranched alkanes of at least 4 members (excludes halogenated alkanes) is 3. The van der Waals surface area contributed by atoms with Gasteiger partial charge in [-0.25, -0.2) is 0 Å². The predicted molar refractivity (Wildman–Crippen MR) is 92.3 cm³/mol. The van der Waals surface area contributed by atoms with Crippen LogP contribution in [0.2, 0.25) is 0 Å². The molecule has 0 radical (unpaired) electrons. The van der Waals surface area contributed by atoms with E-state index in [0.29, 0.717) is 0 Å². The Labute approximate surface area is 137 Å². The Hall–Kier alpha value is -0.740. The van der Waals surface area contributed by atoms with E-state index in [9.17, 15) is 0 Å². The van der Waals surface area contributed by atoms with Crippen LogP contribution in [0, 0.1) is 0 Å². The van der Waals surface area contributed by atoms with Crippen LogP contribution in [0.5, 0.6) is 11.5 Å². The van der Waals surface area contributed by atoms with Gasteiger partial charge in [-0.1, -0.05) is 33.1 Å². The molecule has 0 bridgehead atoms. The molecule has 21 heavy (non-hydrogen) atoms. The Morgan fingerprint density at radius 2 is 1.90 bits per heavy atom. The third kappa shape index (κ3) is 6.70. The van der Waals surface area contributed by atoms with Crippen LogP contribution in [0.15, 0.2) is 16.6 Å². The molecule has 0 aromatic heterocycles. The summed E-state index contributed by atoms with van der Waals surface area (Å²) < 4.78 is 12.3. The molecule has 120 valence electrons. The third-order valence-corrected chi connectivity index (χ3v) is 3.88. The summed E-state index contributed by atoms with van der Waals surface area (Å²) >= 11 is 3.60. The Kier molecular flexibility index (Phi) is 9.51. The van der Waals surface area contributed by atoms with Gasteiger partial charge in [0.15, 0.2) is 11.5 Å². The number of hydrogen-bond donors (Lipinski definition) is 1. The molecule has 0 saturated carbocycles. The number of benzene rings is 1.